The van der Waals surface area contributed by atoms with E-state index in [-0.39, 0.29) is 12.5 Å². The highest BCUT2D eigenvalue weighted by Crippen LogP contribution is 2.14. The van der Waals surface area contributed by atoms with E-state index < -0.39 is 0 Å². The fourth-order valence-corrected chi connectivity index (χ4v) is 1.33. The van der Waals surface area contributed by atoms with Crippen LogP contribution in [0.15, 0.2) is 28.7 Å². The van der Waals surface area contributed by atoms with Crippen molar-refractivity contribution in [1.29, 1.82) is 0 Å². The lowest BCUT2D eigenvalue weighted by Crippen LogP contribution is -2.29. The standard InChI is InChI=1S/C9H11BrN2O/c10-8-4-2-1-3-7(8)6-12-9(13)5-11/h1-4H,5-6,11H2,(H,12,13). The Bertz CT molecular complexity index is 301. The first-order chi connectivity index (χ1) is 6.24. The van der Waals surface area contributed by atoms with Gasteiger partial charge in [0.25, 0.3) is 0 Å². The number of carbonyl (C=O) groups excluding carboxylic acids is 1. The van der Waals surface area contributed by atoms with Crippen molar-refractivity contribution < 1.29 is 4.79 Å². The van der Waals surface area contributed by atoms with Gasteiger partial charge in [0.05, 0.1) is 6.54 Å². The van der Waals surface area contributed by atoms with Gasteiger partial charge in [-0.2, -0.15) is 0 Å². The lowest BCUT2D eigenvalue weighted by Gasteiger charge is -2.05. The lowest BCUT2D eigenvalue weighted by atomic mass is 10.2. The predicted molar refractivity (Wildman–Crippen MR) is 55.0 cm³/mol. The Morgan fingerprint density at radius 2 is 2.15 bits per heavy atom. The molecule has 0 aliphatic heterocycles. The topological polar surface area (TPSA) is 55.1 Å². The van der Waals surface area contributed by atoms with Gasteiger partial charge in [0.2, 0.25) is 5.91 Å². The highest BCUT2D eigenvalue weighted by atomic mass is 79.9. The molecular formula is C9H11BrN2O. The van der Waals surface area contributed by atoms with Gasteiger partial charge in [0, 0.05) is 11.0 Å². The molecule has 4 heteroatoms. The molecule has 1 aromatic carbocycles. The summed E-state index contributed by atoms with van der Waals surface area (Å²) in [5, 5.41) is 2.70. The molecule has 3 N–H and O–H groups in total. The quantitative estimate of drug-likeness (QED) is 0.832. The van der Waals surface area contributed by atoms with E-state index in [9.17, 15) is 4.79 Å². The molecule has 1 rings (SSSR count). The van der Waals surface area contributed by atoms with E-state index in [2.05, 4.69) is 21.2 Å². The Hall–Kier alpha value is -0.870. The van der Waals surface area contributed by atoms with E-state index in [1.54, 1.807) is 0 Å². The van der Waals surface area contributed by atoms with Crippen molar-refractivity contribution in [1.82, 2.24) is 5.32 Å². The molecule has 0 fully saturated rings. The van der Waals surface area contributed by atoms with E-state index >= 15 is 0 Å². The third-order valence-corrected chi connectivity index (χ3v) is 2.39. The average molecular weight is 243 g/mol. The molecule has 0 bridgehead atoms. The Morgan fingerprint density at radius 3 is 2.77 bits per heavy atom. The Kier molecular flexibility index (Phi) is 3.92. The second-order valence-electron chi connectivity index (χ2n) is 2.57. The van der Waals surface area contributed by atoms with E-state index in [0.717, 1.165) is 10.0 Å². The summed E-state index contributed by atoms with van der Waals surface area (Å²) >= 11 is 3.39. The highest BCUT2D eigenvalue weighted by Gasteiger charge is 2.00. The molecule has 0 radical (unpaired) electrons. The van der Waals surface area contributed by atoms with Gasteiger partial charge in [-0.15, -0.1) is 0 Å². The van der Waals surface area contributed by atoms with Gasteiger partial charge in [-0.25, -0.2) is 0 Å². The van der Waals surface area contributed by atoms with Crippen molar-refractivity contribution in [2.45, 2.75) is 6.54 Å². The molecule has 0 heterocycles. The lowest BCUT2D eigenvalue weighted by molar-refractivity contribution is -0.119. The molecule has 0 saturated heterocycles. The molecule has 70 valence electrons. The van der Waals surface area contributed by atoms with Crippen molar-refractivity contribution in [3.63, 3.8) is 0 Å². The van der Waals surface area contributed by atoms with Gasteiger partial charge >= 0.3 is 0 Å². The van der Waals surface area contributed by atoms with Gasteiger partial charge in [0.15, 0.2) is 0 Å². The highest BCUT2D eigenvalue weighted by molar-refractivity contribution is 9.10. The zero-order valence-electron chi connectivity index (χ0n) is 7.09. The van der Waals surface area contributed by atoms with Crippen LogP contribution in [-0.4, -0.2) is 12.5 Å². The zero-order chi connectivity index (χ0) is 9.68. The first kappa shape index (κ1) is 10.2. The average Bonchev–Trinajstić information content (AvgIpc) is 2.16. The summed E-state index contributed by atoms with van der Waals surface area (Å²) in [5.41, 5.74) is 6.20. The van der Waals surface area contributed by atoms with Crippen molar-refractivity contribution in [3.05, 3.63) is 34.3 Å². The molecule has 0 aromatic heterocycles. The number of nitrogens with one attached hydrogen (secondary N) is 1. The third-order valence-electron chi connectivity index (χ3n) is 1.62. The van der Waals surface area contributed by atoms with Crippen LogP contribution in [0.3, 0.4) is 0 Å². The number of carbonyl (C=O) groups is 1. The van der Waals surface area contributed by atoms with E-state index in [4.69, 9.17) is 5.73 Å². The van der Waals surface area contributed by atoms with Crippen LogP contribution in [0.4, 0.5) is 0 Å². The van der Waals surface area contributed by atoms with Gasteiger partial charge in [-0.1, -0.05) is 34.1 Å². The largest absolute Gasteiger partial charge is 0.351 e. The van der Waals surface area contributed by atoms with Gasteiger partial charge < -0.3 is 11.1 Å². The molecule has 0 unspecified atom stereocenters. The van der Waals surface area contributed by atoms with Gasteiger partial charge in [-0.05, 0) is 11.6 Å². The summed E-state index contributed by atoms with van der Waals surface area (Å²) in [6, 6.07) is 7.73. The molecule has 0 aliphatic rings. The van der Waals surface area contributed by atoms with Crippen LogP contribution in [0.2, 0.25) is 0 Å². The molecular weight excluding hydrogens is 232 g/mol. The maximum atomic E-state index is 10.8. The molecule has 3 nitrogen and oxygen atoms in total. The second kappa shape index (κ2) is 4.99. The summed E-state index contributed by atoms with van der Waals surface area (Å²) in [6.07, 6.45) is 0. The second-order valence-corrected chi connectivity index (χ2v) is 3.43. The fourth-order valence-electron chi connectivity index (χ4n) is 0.908. The summed E-state index contributed by atoms with van der Waals surface area (Å²) in [5.74, 6) is -0.143. The van der Waals surface area contributed by atoms with E-state index in [1.165, 1.54) is 0 Å². The van der Waals surface area contributed by atoms with Crippen LogP contribution in [0.25, 0.3) is 0 Å². The molecule has 0 saturated carbocycles. The van der Waals surface area contributed by atoms with Crippen LogP contribution in [-0.2, 0) is 11.3 Å². The predicted octanol–water partition coefficient (Wildman–Crippen LogP) is 1.02. The van der Waals surface area contributed by atoms with Crippen LogP contribution in [0, 0.1) is 0 Å². The summed E-state index contributed by atoms with van der Waals surface area (Å²) < 4.78 is 0.993. The number of halogens is 1. The molecule has 0 aliphatic carbocycles. The summed E-state index contributed by atoms with van der Waals surface area (Å²) in [7, 11) is 0. The number of rotatable bonds is 3. The number of benzene rings is 1. The first-order valence-electron chi connectivity index (χ1n) is 3.94. The van der Waals surface area contributed by atoms with E-state index in [0.29, 0.717) is 6.54 Å². The molecule has 0 atom stereocenters. The van der Waals surface area contributed by atoms with Crippen LogP contribution >= 0.6 is 15.9 Å². The smallest absolute Gasteiger partial charge is 0.234 e. The minimum absolute atomic E-state index is 0.0322. The van der Waals surface area contributed by atoms with Gasteiger partial charge in [0.1, 0.15) is 0 Å². The molecule has 0 spiro atoms. The Balaban J connectivity index is 2.54. The number of amides is 1. The van der Waals surface area contributed by atoms with Crippen LogP contribution < -0.4 is 11.1 Å². The molecule has 1 aromatic rings. The SMILES string of the molecule is NCC(=O)NCc1ccccc1Br. The fraction of sp³-hybridized carbons (Fsp3) is 0.222. The number of hydrogen-bond donors (Lipinski definition) is 2. The maximum Gasteiger partial charge on any atom is 0.234 e. The summed E-state index contributed by atoms with van der Waals surface area (Å²) in [4.78, 5) is 10.8. The van der Waals surface area contributed by atoms with Crippen molar-refractivity contribution in [2.75, 3.05) is 6.54 Å². The molecule has 1 amide bonds. The minimum Gasteiger partial charge on any atom is -0.351 e. The van der Waals surface area contributed by atoms with Crippen molar-refractivity contribution in [3.8, 4) is 0 Å². The van der Waals surface area contributed by atoms with Crippen LogP contribution in [0.1, 0.15) is 5.56 Å². The van der Waals surface area contributed by atoms with Crippen molar-refractivity contribution >= 4 is 21.8 Å². The monoisotopic (exact) mass is 242 g/mol. The maximum absolute atomic E-state index is 10.8. The Labute approximate surface area is 85.4 Å². The number of hydrogen-bond acceptors (Lipinski definition) is 2. The van der Waals surface area contributed by atoms with Crippen molar-refractivity contribution in [2.24, 2.45) is 5.73 Å². The Morgan fingerprint density at radius 1 is 1.46 bits per heavy atom. The first-order valence-corrected chi connectivity index (χ1v) is 4.73. The zero-order valence-corrected chi connectivity index (χ0v) is 8.67. The van der Waals surface area contributed by atoms with E-state index in [1.807, 2.05) is 24.3 Å². The van der Waals surface area contributed by atoms with Gasteiger partial charge in [-0.3, -0.25) is 4.79 Å². The number of nitrogens with two attached hydrogens (primary N) is 1. The minimum atomic E-state index is -0.143. The summed E-state index contributed by atoms with van der Waals surface area (Å²) in [6.45, 7) is 0.544. The normalized spacial score (nSPS) is 9.69. The van der Waals surface area contributed by atoms with Crippen LogP contribution in [0.5, 0.6) is 0 Å². The third kappa shape index (κ3) is 3.16. The molecule has 13 heavy (non-hydrogen) atoms.